The van der Waals surface area contributed by atoms with Crippen molar-refractivity contribution in [2.24, 2.45) is 7.05 Å². The highest BCUT2D eigenvalue weighted by Gasteiger charge is 2.27. The first-order valence-corrected chi connectivity index (χ1v) is 9.06. The van der Waals surface area contributed by atoms with Crippen LogP contribution >= 0.6 is 11.6 Å². The van der Waals surface area contributed by atoms with Gasteiger partial charge in [0, 0.05) is 37.4 Å². The molecule has 4 rings (SSSR count). The number of anilines is 2. The van der Waals surface area contributed by atoms with Crippen molar-refractivity contribution in [1.29, 1.82) is 0 Å². The second kappa shape index (κ2) is 6.02. The molecule has 0 atom stereocenters. The average Bonchev–Trinajstić information content (AvgIpc) is 3.03. The van der Waals surface area contributed by atoms with Gasteiger partial charge in [0.15, 0.2) is 11.2 Å². The predicted molar refractivity (Wildman–Crippen MR) is 103 cm³/mol. The van der Waals surface area contributed by atoms with Gasteiger partial charge in [-0.3, -0.25) is 13.9 Å². The molecule has 0 fully saturated rings. The Hall–Kier alpha value is -2.54. The van der Waals surface area contributed by atoms with Crippen LogP contribution in [0.15, 0.2) is 27.8 Å². The standard InChI is InChI=1S/C18H20ClN5O2/c1-4-22-16(25)14-15(21(3)18(22)26)20-17-23(9-6-10-24(14)17)13-8-5-7-12(19)11(13)2/h5,7-8H,4,6,9-10H2,1-3H3. The molecule has 1 aromatic carbocycles. The molecule has 3 aromatic rings. The molecule has 7 nitrogen and oxygen atoms in total. The fraction of sp³-hybridized carbons (Fsp3) is 0.389. The highest BCUT2D eigenvalue weighted by atomic mass is 35.5. The van der Waals surface area contributed by atoms with Crippen molar-refractivity contribution in [2.75, 3.05) is 11.4 Å². The van der Waals surface area contributed by atoms with Crippen LogP contribution in [0.4, 0.5) is 11.6 Å². The lowest BCUT2D eigenvalue weighted by atomic mass is 10.1. The van der Waals surface area contributed by atoms with Crippen LogP contribution in [0.5, 0.6) is 0 Å². The topological polar surface area (TPSA) is 65.1 Å². The molecular formula is C18H20ClN5O2. The van der Waals surface area contributed by atoms with Gasteiger partial charge in [0.05, 0.1) is 0 Å². The first-order chi connectivity index (χ1) is 12.5. The minimum atomic E-state index is -0.342. The summed E-state index contributed by atoms with van der Waals surface area (Å²) in [5, 5.41) is 0.691. The molecule has 1 aliphatic heterocycles. The summed E-state index contributed by atoms with van der Waals surface area (Å²) in [6.07, 6.45) is 0.874. The maximum absolute atomic E-state index is 12.9. The van der Waals surface area contributed by atoms with Gasteiger partial charge in [0.25, 0.3) is 5.56 Å². The van der Waals surface area contributed by atoms with Gasteiger partial charge in [-0.15, -0.1) is 0 Å². The molecule has 0 aliphatic carbocycles. The zero-order valence-electron chi connectivity index (χ0n) is 15.0. The van der Waals surface area contributed by atoms with Crippen molar-refractivity contribution in [2.45, 2.75) is 33.4 Å². The number of benzene rings is 1. The molecule has 136 valence electrons. The van der Waals surface area contributed by atoms with Gasteiger partial charge in [-0.05, 0) is 38.0 Å². The lowest BCUT2D eigenvalue weighted by Gasteiger charge is -2.30. The molecule has 0 amide bonds. The number of aromatic nitrogens is 4. The average molecular weight is 374 g/mol. The van der Waals surface area contributed by atoms with E-state index < -0.39 is 0 Å². The maximum atomic E-state index is 12.9. The monoisotopic (exact) mass is 373 g/mol. The van der Waals surface area contributed by atoms with E-state index in [1.54, 1.807) is 14.0 Å². The molecule has 3 heterocycles. The van der Waals surface area contributed by atoms with Crippen LogP contribution in [0, 0.1) is 6.92 Å². The highest BCUT2D eigenvalue weighted by Crippen LogP contribution is 2.35. The SMILES string of the molecule is CCn1c(=O)c2c(nc3n2CCCN3c2cccc(Cl)c2C)n(C)c1=O. The van der Waals surface area contributed by atoms with Gasteiger partial charge in [-0.25, -0.2) is 4.79 Å². The van der Waals surface area contributed by atoms with Crippen LogP contribution in [-0.2, 0) is 20.1 Å². The lowest BCUT2D eigenvalue weighted by Crippen LogP contribution is -2.39. The Balaban J connectivity index is 2.04. The highest BCUT2D eigenvalue weighted by molar-refractivity contribution is 6.31. The molecular weight excluding hydrogens is 354 g/mol. The first kappa shape index (κ1) is 16.9. The Morgan fingerprint density at radius 2 is 2.00 bits per heavy atom. The van der Waals surface area contributed by atoms with Crippen LogP contribution in [0.1, 0.15) is 18.9 Å². The van der Waals surface area contributed by atoms with Gasteiger partial charge in [0.2, 0.25) is 5.95 Å². The van der Waals surface area contributed by atoms with Crippen molar-refractivity contribution in [3.05, 3.63) is 49.6 Å². The summed E-state index contributed by atoms with van der Waals surface area (Å²) in [5.41, 5.74) is 2.21. The van der Waals surface area contributed by atoms with Crippen LogP contribution in [-0.4, -0.2) is 25.2 Å². The third-order valence-corrected chi connectivity index (χ3v) is 5.47. The van der Waals surface area contributed by atoms with Gasteiger partial charge in [-0.2, -0.15) is 4.98 Å². The quantitative estimate of drug-likeness (QED) is 0.692. The fourth-order valence-electron chi connectivity index (χ4n) is 3.66. The Kier molecular flexibility index (Phi) is 3.91. The molecule has 2 aromatic heterocycles. The molecule has 1 aliphatic rings. The number of aryl methyl sites for hydroxylation is 2. The Labute approximate surface area is 155 Å². The Bertz CT molecular complexity index is 1140. The van der Waals surface area contributed by atoms with E-state index in [2.05, 4.69) is 9.88 Å². The zero-order chi connectivity index (χ0) is 18.6. The third-order valence-electron chi connectivity index (χ3n) is 5.06. The number of hydrogen-bond acceptors (Lipinski definition) is 4. The van der Waals surface area contributed by atoms with E-state index in [1.165, 1.54) is 9.13 Å². The third kappa shape index (κ3) is 2.23. The Morgan fingerprint density at radius 1 is 1.23 bits per heavy atom. The van der Waals surface area contributed by atoms with Gasteiger partial charge >= 0.3 is 5.69 Å². The largest absolute Gasteiger partial charge is 0.332 e. The summed E-state index contributed by atoms with van der Waals surface area (Å²) < 4.78 is 4.63. The number of nitrogens with zero attached hydrogens (tertiary/aromatic N) is 5. The summed E-state index contributed by atoms with van der Waals surface area (Å²) >= 11 is 6.30. The molecule has 0 saturated heterocycles. The minimum Gasteiger partial charge on any atom is -0.312 e. The number of rotatable bonds is 2. The predicted octanol–water partition coefficient (Wildman–Crippen LogP) is 2.42. The molecule has 0 bridgehead atoms. The van der Waals surface area contributed by atoms with Crippen LogP contribution in [0.25, 0.3) is 11.2 Å². The van der Waals surface area contributed by atoms with Gasteiger partial charge < -0.3 is 9.47 Å². The van der Waals surface area contributed by atoms with E-state index in [0.29, 0.717) is 35.2 Å². The number of imidazole rings is 1. The van der Waals surface area contributed by atoms with Crippen molar-refractivity contribution in [1.82, 2.24) is 18.7 Å². The van der Waals surface area contributed by atoms with E-state index >= 15 is 0 Å². The van der Waals surface area contributed by atoms with E-state index in [-0.39, 0.29) is 11.2 Å². The van der Waals surface area contributed by atoms with E-state index in [9.17, 15) is 9.59 Å². The smallest absolute Gasteiger partial charge is 0.312 e. The van der Waals surface area contributed by atoms with Crippen molar-refractivity contribution < 1.29 is 0 Å². The normalized spacial score (nSPS) is 14.1. The van der Waals surface area contributed by atoms with Gasteiger partial charge in [-0.1, -0.05) is 17.7 Å². The second-order valence-corrected chi connectivity index (χ2v) is 6.92. The zero-order valence-corrected chi connectivity index (χ0v) is 15.7. The second-order valence-electron chi connectivity index (χ2n) is 6.52. The molecule has 0 unspecified atom stereocenters. The van der Waals surface area contributed by atoms with Gasteiger partial charge in [0.1, 0.15) is 0 Å². The van der Waals surface area contributed by atoms with Crippen molar-refractivity contribution in [3.63, 3.8) is 0 Å². The van der Waals surface area contributed by atoms with Crippen molar-refractivity contribution >= 4 is 34.4 Å². The van der Waals surface area contributed by atoms with Crippen LogP contribution in [0.2, 0.25) is 5.02 Å². The molecule has 0 spiro atoms. The summed E-state index contributed by atoms with van der Waals surface area (Å²) in [7, 11) is 1.66. The van der Waals surface area contributed by atoms with Crippen LogP contribution < -0.4 is 16.1 Å². The summed E-state index contributed by atoms with van der Waals surface area (Å²) in [5.74, 6) is 0.678. The Morgan fingerprint density at radius 3 is 2.73 bits per heavy atom. The van der Waals surface area contributed by atoms with E-state index in [4.69, 9.17) is 11.6 Å². The fourth-order valence-corrected chi connectivity index (χ4v) is 3.83. The lowest BCUT2D eigenvalue weighted by molar-refractivity contribution is 0.594. The summed E-state index contributed by atoms with van der Waals surface area (Å²) in [4.78, 5) is 32.1. The molecule has 8 heteroatoms. The molecule has 0 N–H and O–H groups in total. The molecule has 26 heavy (non-hydrogen) atoms. The van der Waals surface area contributed by atoms with Crippen molar-refractivity contribution in [3.8, 4) is 0 Å². The number of hydrogen-bond donors (Lipinski definition) is 0. The first-order valence-electron chi connectivity index (χ1n) is 8.68. The maximum Gasteiger partial charge on any atom is 0.332 e. The van der Waals surface area contributed by atoms with E-state index in [1.807, 2.05) is 29.7 Å². The number of halogens is 1. The molecule has 0 radical (unpaired) electrons. The van der Waals surface area contributed by atoms with E-state index in [0.717, 1.165) is 24.2 Å². The van der Waals surface area contributed by atoms with Crippen LogP contribution in [0.3, 0.4) is 0 Å². The summed E-state index contributed by atoms with van der Waals surface area (Å²) in [6, 6.07) is 5.77. The number of fused-ring (bicyclic) bond motifs is 3. The summed E-state index contributed by atoms with van der Waals surface area (Å²) in [6.45, 7) is 5.57. The minimum absolute atomic E-state index is 0.283. The molecule has 0 saturated carbocycles.